The minimum atomic E-state index is -2.90. The van der Waals surface area contributed by atoms with E-state index in [0.29, 0.717) is 5.75 Å². The normalized spacial score (nSPS) is 24.0. The maximum atomic E-state index is 12.9. The van der Waals surface area contributed by atoms with Crippen LogP contribution in [-0.2, 0) is 9.84 Å². The van der Waals surface area contributed by atoms with Crippen LogP contribution in [0.4, 0.5) is 4.39 Å². The monoisotopic (exact) mass is 285 g/mol. The molecule has 1 fully saturated rings. The van der Waals surface area contributed by atoms with Crippen molar-refractivity contribution in [2.45, 2.75) is 38.3 Å². The van der Waals surface area contributed by atoms with E-state index in [1.165, 1.54) is 12.1 Å². The maximum Gasteiger partial charge on any atom is 0.151 e. The lowest BCUT2D eigenvalue weighted by Gasteiger charge is -2.28. The Kier molecular flexibility index (Phi) is 4.58. The van der Waals surface area contributed by atoms with E-state index in [2.05, 4.69) is 5.32 Å². The molecule has 1 aliphatic rings. The quantitative estimate of drug-likeness (QED) is 0.924. The second-order valence-electron chi connectivity index (χ2n) is 5.13. The molecule has 2 unspecified atom stereocenters. The molecule has 1 aromatic rings. The Hall–Kier alpha value is -0.940. The van der Waals surface area contributed by atoms with Crippen molar-refractivity contribution in [3.05, 3.63) is 35.6 Å². The van der Waals surface area contributed by atoms with Crippen LogP contribution < -0.4 is 5.32 Å². The molecule has 0 spiro atoms. The van der Waals surface area contributed by atoms with E-state index < -0.39 is 9.84 Å². The van der Waals surface area contributed by atoms with Crippen LogP contribution in [0.2, 0.25) is 0 Å². The Morgan fingerprint density at radius 2 is 2.05 bits per heavy atom. The first-order valence-corrected chi connectivity index (χ1v) is 8.54. The summed E-state index contributed by atoms with van der Waals surface area (Å²) >= 11 is 0. The molecule has 3 nitrogen and oxygen atoms in total. The van der Waals surface area contributed by atoms with Gasteiger partial charge in [0, 0.05) is 12.1 Å². The van der Waals surface area contributed by atoms with Gasteiger partial charge < -0.3 is 5.32 Å². The molecule has 1 N–H and O–H groups in total. The summed E-state index contributed by atoms with van der Waals surface area (Å²) in [7, 11) is -2.90. The molecule has 2 rings (SSSR count). The van der Waals surface area contributed by atoms with Crippen molar-refractivity contribution in [1.82, 2.24) is 5.32 Å². The van der Waals surface area contributed by atoms with E-state index in [-0.39, 0.29) is 23.7 Å². The molecule has 0 saturated carbocycles. The van der Waals surface area contributed by atoms with Gasteiger partial charge in [-0.05, 0) is 37.0 Å². The highest BCUT2D eigenvalue weighted by Gasteiger charge is 2.26. The molecule has 0 radical (unpaired) electrons. The SMILES string of the molecule is CCC(NC1CCCS(=O)(=O)C1)c1ccc(F)cc1. The van der Waals surface area contributed by atoms with Crippen molar-refractivity contribution in [2.24, 2.45) is 0 Å². The van der Waals surface area contributed by atoms with Gasteiger partial charge in [-0.15, -0.1) is 0 Å². The van der Waals surface area contributed by atoms with Crippen molar-refractivity contribution >= 4 is 9.84 Å². The molecular formula is C14H20FNO2S. The molecule has 1 saturated heterocycles. The van der Waals surface area contributed by atoms with E-state index in [0.717, 1.165) is 24.8 Å². The van der Waals surface area contributed by atoms with Gasteiger partial charge in [-0.25, -0.2) is 12.8 Å². The van der Waals surface area contributed by atoms with Crippen LogP contribution >= 0.6 is 0 Å². The maximum absolute atomic E-state index is 12.9. The van der Waals surface area contributed by atoms with Gasteiger partial charge in [0.2, 0.25) is 0 Å². The molecule has 0 aliphatic carbocycles. The Bertz CT molecular complexity index is 513. The zero-order chi connectivity index (χ0) is 13.9. The summed E-state index contributed by atoms with van der Waals surface area (Å²) in [6, 6.07) is 6.49. The van der Waals surface area contributed by atoms with E-state index in [1.54, 1.807) is 12.1 Å². The molecule has 1 aliphatic heterocycles. The number of nitrogens with one attached hydrogen (secondary N) is 1. The number of sulfone groups is 1. The summed E-state index contributed by atoms with van der Waals surface area (Å²) in [5.74, 6) is 0.266. The smallest absolute Gasteiger partial charge is 0.151 e. The molecular weight excluding hydrogens is 265 g/mol. The van der Waals surface area contributed by atoms with Gasteiger partial charge in [-0.1, -0.05) is 19.1 Å². The lowest BCUT2D eigenvalue weighted by Crippen LogP contribution is -2.41. The van der Waals surface area contributed by atoms with Gasteiger partial charge in [-0.3, -0.25) is 0 Å². The first-order valence-electron chi connectivity index (χ1n) is 6.72. The molecule has 0 amide bonds. The summed E-state index contributed by atoms with van der Waals surface area (Å²) in [5, 5.41) is 3.40. The summed E-state index contributed by atoms with van der Waals surface area (Å²) in [4.78, 5) is 0. The van der Waals surface area contributed by atoms with Gasteiger partial charge in [0.15, 0.2) is 9.84 Å². The summed E-state index contributed by atoms with van der Waals surface area (Å²) in [6.45, 7) is 2.04. The van der Waals surface area contributed by atoms with Gasteiger partial charge >= 0.3 is 0 Å². The van der Waals surface area contributed by atoms with E-state index in [4.69, 9.17) is 0 Å². The van der Waals surface area contributed by atoms with Crippen molar-refractivity contribution < 1.29 is 12.8 Å². The van der Waals surface area contributed by atoms with Crippen molar-refractivity contribution in [1.29, 1.82) is 0 Å². The third-order valence-electron chi connectivity index (χ3n) is 3.58. The molecule has 1 aromatic carbocycles. The van der Waals surface area contributed by atoms with E-state index >= 15 is 0 Å². The van der Waals surface area contributed by atoms with Crippen LogP contribution in [0.15, 0.2) is 24.3 Å². The number of benzene rings is 1. The highest BCUT2D eigenvalue weighted by molar-refractivity contribution is 7.91. The average Bonchev–Trinajstić information content (AvgIpc) is 2.36. The predicted molar refractivity (Wildman–Crippen MR) is 74.2 cm³/mol. The fourth-order valence-electron chi connectivity index (χ4n) is 2.58. The third-order valence-corrected chi connectivity index (χ3v) is 5.40. The Balaban J connectivity index is 2.05. The number of hydrogen-bond donors (Lipinski definition) is 1. The van der Waals surface area contributed by atoms with Crippen molar-refractivity contribution in [3.63, 3.8) is 0 Å². The van der Waals surface area contributed by atoms with Gasteiger partial charge in [-0.2, -0.15) is 0 Å². The fraction of sp³-hybridized carbons (Fsp3) is 0.571. The number of hydrogen-bond acceptors (Lipinski definition) is 3. The van der Waals surface area contributed by atoms with Crippen LogP contribution in [-0.4, -0.2) is 26.0 Å². The molecule has 19 heavy (non-hydrogen) atoms. The van der Waals surface area contributed by atoms with Crippen LogP contribution in [0.3, 0.4) is 0 Å². The summed E-state index contributed by atoms with van der Waals surface area (Å²) in [6.07, 6.45) is 2.46. The Labute approximate surface area is 114 Å². The van der Waals surface area contributed by atoms with Gasteiger partial charge in [0.1, 0.15) is 5.82 Å². The molecule has 2 atom stereocenters. The molecule has 0 aromatic heterocycles. The van der Waals surface area contributed by atoms with Crippen LogP contribution in [0.1, 0.15) is 37.8 Å². The first kappa shape index (κ1) is 14.5. The first-order chi connectivity index (χ1) is 9.00. The van der Waals surface area contributed by atoms with Crippen molar-refractivity contribution in [3.8, 4) is 0 Å². The second kappa shape index (κ2) is 6.01. The highest BCUT2D eigenvalue weighted by atomic mass is 32.2. The predicted octanol–water partition coefficient (Wildman–Crippen LogP) is 2.44. The van der Waals surface area contributed by atoms with Gasteiger partial charge in [0.05, 0.1) is 11.5 Å². The number of halogens is 1. The molecule has 1 heterocycles. The highest BCUT2D eigenvalue weighted by Crippen LogP contribution is 2.21. The minimum absolute atomic E-state index is 0.00810. The largest absolute Gasteiger partial charge is 0.306 e. The van der Waals surface area contributed by atoms with Gasteiger partial charge in [0.25, 0.3) is 0 Å². The molecule has 0 bridgehead atoms. The number of rotatable bonds is 4. The van der Waals surface area contributed by atoms with Crippen LogP contribution in [0, 0.1) is 5.82 Å². The summed E-state index contributed by atoms with van der Waals surface area (Å²) < 4.78 is 36.2. The zero-order valence-electron chi connectivity index (χ0n) is 11.1. The lowest BCUT2D eigenvalue weighted by molar-refractivity contribution is 0.413. The van der Waals surface area contributed by atoms with Crippen LogP contribution in [0.5, 0.6) is 0 Å². The Morgan fingerprint density at radius 3 is 2.63 bits per heavy atom. The second-order valence-corrected chi connectivity index (χ2v) is 7.36. The van der Waals surface area contributed by atoms with Crippen molar-refractivity contribution in [2.75, 3.05) is 11.5 Å². The average molecular weight is 285 g/mol. The third kappa shape index (κ3) is 4.01. The molecule has 5 heteroatoms. The fourth-order valence-corrected chi connectivity index (χ4v) is 4.23. The zero-order valence-corrected chi connectivity index (χ0v) is 11.9. The lowest BCUT2D eigenvalue weighted by atomic mass is 10.0. The Morgan fingerprint density at radius 1 is 1.37 bits per heavy atom. The van der Waals surface area contributed by atoms with E-state index in [1.807, 2.05) is 6.92 Å². The topological polar surface area (TPSA) is 46.2 Å². The summed E-state index contributed by atoms with van der Waals surface area (Å²) in [5.41, 5.74) is 1.01. The van der Waals surface area contributed by atoms with Crippen LogP contribution in [0.25, 0.3) is 0 Å². The van der Waals surface area contributed by atoms with E-state index in [9.17, 15) is 12.8 Å². The minimum Gasteiger partial charge on any atom is -0.306 e. The molecule has 106 valence electrons. The standard InChI is InChI=1S/C14H20FNO2S/c1-2-14(11-5-7-12(15)8-6-11)16-13-4-3-9-19(17,18)10-13/h5-8,13-14,16H,2-4,9-10H2,1H3.